The van der Waals surface area contributed by atoms with E-state index < -0.39 is 11.8 Å². The minimum Gasteiger partial charge on any atom is -0.482 e. The highest BCUT2D eigenvalue weighted by molar-refractivity contribution is 6.34. The Labute approximate surface area is 159 Å². The second kappa shape index (κ2) is 7.68. The van der Waals surface area contributed by atoms with Crippen molar-refractivity contribution < 1.29 is 18.7 Å². The summed E-state index contributed by atoms with van der Waals surface area (Å²) in [6, 6.07) is 11.9. The predicted molar refractivity (Wildman–Crippen MR) is 98.5 cm³/mol. The van der Waals surface area contributed by atoms with E-state index in [0.717, 1.165) is 5.39 Å². The van der Waals surface area contributed by atoms with E-state index in [0.29, 0.717) is 21.2 Å². The number of para-hydroxylation sites is 1. The van der Waals surface area contributed by atoms with Gasteiger partial charge in [-0.2, -0.15) is 0 Å². The van der Waals surface area contributed by atoms with Crippen molar-refractivity contribution in [3.8, 4) is 5.75 Å². The van der Waals surface area contributed by atoms with Crippen LogP contribution in [0.5, 0.6) is 5.75 Å². The van der Waals surface area contributed by atoms with Gasteiger partial charge in [-0.05, 0) is 25.1 Å². The van der Waals surface area contributed by atoms with E-state index in [1.165, 1.54) is 6.07 Å². The number of hydrazine groups is 1. The van der Waals surface area contributed by atoms with Crippen LogP contribution in [0.25, 0.3) is 11.0 Å². The van der Waals surface area contributed by atoms with Crippen molar-refractivity contribution >= 4 is 46.0 Å². The molecule has 0 saturated carbocycles. The number of hydrogen-bond acceptors (Lipinski definition) is 4. The molecular weight excluding hydrogens is 379 g/mol. The Morgan fingerprint density at radius 3 is 2.65 bits per heavy atom. The van der Waals surface area contributed by atoms with Crippen molar-refractivity contribution in [2.45, 2.75) is 6.92 Å². The van der Waals surface area contributed by atoms with Gasteiger partial charge in [0.05, 0.1) is 5.02 Å². The maximum Gasteiger partial charge on any atom is 0.305 e. The van der Waals surface area contributed by atoms with Gasteiger partial charge in [-0.3, -0.25) is 20.4 Å². The number of carbonyl (C=O) groups excluding carboxylic acids is 2. The summed E-state index contributed by atoms with van der Waals surface area (Å²) in [6.45, 7) is 1.42. The molecule has 2 amide bonds. The Morgan fingerprint density at radius 2 is 1.88 bits per heavy atom. The van der Waals surface area contributed by atoms with E-state index >= 15 is 0 Å². The molecule has 0 aliphatic rings. The Bertz CT molecular complexity index is 984. The molecule has 0 bridgehead atoms. The number of hydrogen-bond donors (Lipinski definition) is 2. The molecule has 2 aromatic carbocycles. The molecule has 0 atom stereocenters. The van der Waals surface area contributed by atoms with E-state index in [-0.39, 0.29) is 18.1 Å². The lowest BCUT2D eigenvalue weighted by Crippen LogP contribution is -2.43. The summed E-state index contributed by atoms with van der Waals surface area (Å²) in [5, 5.41) is 1.59. The zero-order valence-corrected chi connectivity index (χ0v) is 15.1. The van der Waals surface area contributed by atoms with Crippen LogP contribution in [0, 0.1) is 6.92 Å². The third-order valence-electron chi connectivity index (χ3n) is 3.62. The maximum absolute atomic E-state index is 12.2. The lowest BCUT2D eigenvalue weighted by Gasteiger charge is -2.09. The van der Waals surface area contributed by atoms with Gasteiger partial charge in [-0.25, -0.2) is 0 Å². The van der Waals surface area contributed by atoms with Crippen molar-refractivity contribution in [3.63, 3.8) is 0 Å². The minimum atomic E-state index is -0.567. The number of amides is 2. The fourth-order valence-corrected chi connectivity index (χ4v) is 2.68. The SMILES string of the molecule is Cc1c(C(=O)NNC(=O)COc2cc(Cl)ccc2Cl)oc2ccccc12. The number of aryl methyl sites for hydroxylation is 1. The van der Waals surface area contributed by atoms with Crippen LogP contribution >= 0.6 is 23.2 Å². The average molecular weight is 393 g/mol. The molecule has 0 radical (unpaired) electrons. The summed E-state index contributed by atoms with van der Waals surface area (Å²) in [5.74, 6) is -0.727. The molecule has 0 aliphatic carbocycles. The third-order valence-corrected chi connectivity index (χ3v) is 4.16. The highest BCUT2D eigenvalue weighted by atomic mass is 35.5. The van der Waals surface area contributed by atoms with Gasteiger partial charge in [0.2, 0.25) is 0 Å². The Balaban J connectivity index is 1.57. The molecule has 6 nitrogen and oxygen atoms in total. The standard InChI is InChI=1S/C18H14Cl2N2O4/c1-10-12-4-2-3-5-14(12)26-17(10)18(24)22-21-16(23)9-25-15-8-11(19)6-7-13(15)20/h2-8H,9H2,1H3,(H,21,23)(H,22,24). The van der Waals surface area contributed by atoms with Crippen LogP contribution in [-0.4, -0.2) is 18.4 Å². The van der Waals surface area contributed by atoms with Crippen molar-refractivity contribution in [2.24, 2.45) is 0 Å². The smallest absolute Gasteiger partial charge is 0.305 e. The monoisotopic (exact) mass is 392 g/mol. The van der Waals surface area contributed by atoms with E-state index in [9.17, 15) is 9.59 Å². The van der Waals surface area contributed by atoms with Gasteiger partial charge in [-0.1, -0.05) is 41.4 Å². The van der Waals surface area contributed by atoms with Crippen LogP contribution in [0.3, 0.4) is 0 Å². The molecule has 0 saturated heterocycles. The van der Waals surface area contributed by atoms with Crippen LogP contribution in [0.1, 0.15) is 16.1 Å². The summed E-state index contributed by atoms with van der Waals surface area (Å²) < 4.78 is 10.8. The number of rotatable bonds is 4. The second-order valence-corrected chi connectivity index (χ2v) is 6.26. The molecule has 0 unspecified atom stereocenters. The second-order valence-electron chi connectivity index (χ2n) is 5.42. The van der Waals surface area contributed by atoms with Gasteiger partial charge in [0.1, 0.15) is 11.3 Å². The first-order valence-corrected chi connectivity index (χ1v) is 8.36. The minimum absolute atomic E-state index is 0.130. The molecule has 0 aliphatic heterocycles. The van der Waals surface area contributed by atoms with Crippen molar-refractivity contribution in [2.75, 3.05) is 6.61 Å². The van der Waals surface area contributed by atoms with E-state index in [2.05, 4.69) is 10.9 Å². The van der Waals surface area contributed by atoms with Gasteiger partial charge >= 0.3 is 5.91 Å². The Morgan fingerprint density at radius 1 is 1.12 bits per heavy atom. The van der Waals surface area contributed by atoms with Gasteiger partial charge in [-0.15, -0.1) is 0 Å². The van der Waals surface area contributed by atoms with E-state index in [4.69, 9.17) is 32.4 Å². The maximum atomic E-state index is 12.2. The molecule has 8 heteroatoms. The topological polar surface area (TPSA) is 80.6 Å². The molecular formula is C18H14Cl2N2O4. The zero-order valence-electron chi connectivity index (χ0n) is 13.6. The fourth-order valence-electron chi connectivity index (χ4n) is 2.34. The summed E-state index contributed by atoms with van der Waals surface area (Å²) in [4.78, 5) is 24.1. The van der Waals surface area contributed by atoms with Gasteiger partial charge in [0, 0.05) is 22.0 Å². The molecule has 0 fully saturated rings. The average Bonchev–Trinajstić information content (AvgIpc) is 2.97. The highest BCUT2D eigenvalue weighted by Crippen LogP contribution is 2.27. The van der Waals surface area contributed by atoms with E-state index in [1.807, 2.05) is 18.2 Å². The molecule has 1 heterocycles. The Kier molecular flexibility index (Phi) is 5.35. The number of ether oxygens (including phenoxy) is 1. The number of furan rings is 1. The number of nitrogens with one attached hydrogen (secondary N) is 2. The van der Waals surface area contributed by atoms with Crippen molar-refractivity contribution in [3.05, 3.63) is 63.8 Å². The normalized spacial score (nSPS) is 10.6. The van der Waals surface area contributed by atoms with Crippen LogP contribution in [0.15, 0.2) is 46.9 Å². The number of carbonyl (C=O) groups is 2. The molecule has 0 spiro atoms. The summed E-state index contributed by atoms with van der Waals surface area (Å²) in [7, 11) is 0. The van der Waals surface area contributed by atoms with Crippen molar-refractivity contribution in [1.82, 2.24) is 10.9 Å². The molecule has 26 heavy (non-hydrogen) atoms. The highest BCUT2D eigenvalue weighted by Gasteiger charge is 2.18. The quantitative estimate of drug-likeness (QED) is 0.660. The summed E-state index contributed by atoms with van der Waals surface area (Å²) >= 11 is 11.8. The van der Waals surface area contributed by atoms with Crippen LogP contribution in [0.2, 0.25) is 10.0 Å². The molecule has 1 aromatic heterocycles. The van der Waals surface area contributed by atoms with Crippen LogP contribution in [-0.2, 0) is 4.79 Å². The van der Waals surface area contributed by atoms with Crippen LogP contribution in [0.4, 0.5) is 0 Å². The fraction of sp³-hybridized carbons (Fsp3) is 0.111. The first-order valence-electron chi connectivity index (χ1n) is 7.61. The largest absolute Gasteiger partial charge is 0.482 e. The van der Waals surface area contributed by atoms with Gasteiger partial charge in [0.15, 0.2) is 12.4 Å². The molecule has 2 N–H and O–H groups in total. The molecule has 3 aromatic rings. The van der Waals surface area contributed by atoms with Gasteiger partial charge in [0.25, 0.3) is 5.91 Å². The Hall–Kier alpha value is -2.70. The van der Waals surface area contributed by atoms with E-state index in [1.54, 1.807) is 25.1 Å². The number of halogens is 2. The summed E-state index contributed by atoms with van der Waals surface area (Å²) in [5.41, 5.74) is 5.84. The summed E-state index contributed by atoms with van der Waals surface area (Å²) in [6.07, 6.45) is 0. The lowest BCUT2D eigenvalue weighted by atomic mass is 10.1. The number of benzene rings is 2. The first kappa shape index (κ1) is 18.1. The first-order chi connectivity index (χ1) is 12.5. The predicted octanol–water partition coefficient (Wildman–Crippen LogP) is 3.89. The lowest BCUT2D eigenvalue weighted by molar-refractivity contribution is -0.123. The molecule has 134 valence electrons. The van der Waals surface area contributed by atoms with Crippen LogP contribution < -0.4 is 15.6 Å². The number of fused-ring (bicyclic) bond motifs is 1. The molecule has 3 rings (SSSR count). The van der Waals surface area contributed by atoms with Crippen molar-refractivity contribution in [1.29, 1.82) is 0 Å². The third kappa shape index (κ3) is 3.92. The van der Waals surface area contributed by atoms with Gasteiger partial charge < -0.3 is 9.15 Å². The zero-order chi connectivity index (χ0) is 18.7.